The number of tetrazole rings is 1. The van der Waals surface area contributed by atoms with Crippen molar-refractivity contribution in [1.29, 1.82) is 0 Å². The van der Waals surface area contributed by atoms with E-state index >= 15 is 0 Å². The van der Waals surface area contributed by atoms with Gasteiger partial charge < -0.3 is 38.8 Å². The van der Waals surface area contributed by atoms with Gasteiger partial charge in [0.1, 0.15) is 36.5 Å². The lowest BCUT2D eigenvalue weighted by molar-refractivity contribution is -0.265. The summed E-state index contributed by atoms with van der Waals surface area (Å²) in [5, 5.41) is 35.4. The van der Waals surface area contributed by atoms with Crippen LogP contribution in [0.3, 0.4) is 0 Å². The SMILES string of the molecule is [2H]C([2H])([2H])O[C@H]1C[C@@H]2CC[C@@H](C)[C@@](O)(O2)C(=O)C(=O)N2CCCC[C@H]2C(=O)O[C@H]([C@H](C)C[C@@H]2CC[C@H](n3cnnn3)[C@H](OC)C2)CC(=O)[C@H](C)/C=C(\C)[C@@H](O)[C@@H](OC)C(=C)[C@H](C)C[C@H](C)/C=C/C=C/C=C/1C. The van der Waals surface area contributed by atoms with Gasteiger partial charge in [-0.2, -0.15) is 0 Å². The summed E-state index contributed by atoms with van der Waals surface area (Å²) in [5.74, 6) is -7.59. The van der Waals surface area contributed by atoms with E-state index in [0.717, 1.165) is 17.7 Å². The molecule has 1 aliphatic carbocycles. The Morgan fingerprint density at radius 3 is 2.42 bits per heavy atom. The minimum Gasteiger partial charge on any atom is -0.460 e. The molecule has 0 radical (unpaired) electrons. The van der Waals surface area contributed by atoms with E-state index in [9.17, 15) is 29.4 Å². The van der Waals surface area contributed by atoms with Crippen molar-refractivity contribution in [2.45, 2.75) is 180 Å². The second-order valence-electron chi connectivity index (χ2n) is 20.4. The monoisotopic (exact) mass is 967 g/mol. The topological polar surface area (TPSA) is 202 Å². The molecular formula is C53H81N5O11. The summed E-state index contributed by atoms with van der Waals surface area (Å²) >= 11 is 0. The first-order valence-corrected chi connectivity index (χ1v) is 25.0. The van der Waals surface area contributed by atoms with Gasteiger partial charge in [0.15, 0.2) is 0 Å². The third-order valence-corrected chi connectivity index (χ3v) is 15.3. The Morgan fingerprint density at radius 1 is 0.957 bits per heavy atom. The van der Waals surface area contributed by atoms with Gasteiger partial charge in [-0.3, -0.25) is 14.4 Å². The number of hydrogen-bond acceptors (Lipinski definition) is 14. The molecule has 16 heteroatoms. The van der Waals surface area contributed by atoms with Gasteiger partial charge in [-0.05, 0) is 129 Å². The normalized spacial score (nSPS) is 39.6. The summed E-state index contributed by atoms with van der Waals surface area (Å²) < 4.78 is 55.2. The van der Waals surface area contributed by atoms with Gasteiger partial charge in [0.25, 0.3) is 11.7 Å². The van der Waals surface area contributed by atoms with Crippen molar-refractivity contribution in [2.24, 2.45) is 35.5 Å². The average molecular weight is 967 g/mol. The van der Waals surface area contributed by atoms with E-state index in [1.165, 1.54) is 7.11 Å². The van der Waals surface area contributed by atoms with Crippen molar-refractivity contribution in [3.63, 3.8) is 0 Å². The molecule has 16 nitrogen and oxygen atoms in total. The smallest absolute Gasteiger partial charge is 0.329 e. The average Bonchev–Trinajstić information content (AvgIpc) is 3.88. The van der Waals surface area contributed by atoms with Gasteiger partial charge in [0, 0.05) is 52.5 Å². The van der Waals surface area contributed by atoms with Crippen molar-refractivity contribution in [2.75, 3.05) is 27.8 Å². The number of Topliss-reactive ketones (excluding diaryl/α,β-unsaturated/α-hetero) is 2. The van der Waals surface area contributed by atoms with Gasteiger partial charge in [-0.25, -0.2) is 9.48 Å². The van der Waals surface area contributed by atoms with E-state index in [0.29, 0.717) is 55.2 Å². The van der Waals surface area contributed by atoms with E-state index in [1.54, 1.807) is 64.0 Å². The molecule has 4 heterocycles. The number of ether oxygens (including phenoxy) is 5. The standard InChI is InChI=1S/C53H81N5O11/c1-32-17-13-12-14-18-33(2)45(65-9)29-41-22-20-38(7)53(64,69-41)50(61)51(62)57-24-16-15-19-43(57)52(63)68-46(36(5)27-40-21-23-42(47(28-40)66-10)58-31-54-55-56-58)30-44(59)35(4)26-37(6)48(60)49(67-11)39(8)34(3)25-32/h12-14,17-18,26,31-32,34-36,38,40-43,45-49,60,64H,8,15-16,19-25,27-30H2,1-7,9-11H3/b14-12+,17-13+,33-18+,37-26+/t32-,34-,35-,36-,38-,40+,41+,42+,43+,45+,46+,47-,48-,49+,53-/m1/s1/i9D3. The molecule has 2 bridgehead atoms. The van der Waals surface area contributed by atoms with Crippen molar-refractivity contribution in [3.8, 4) is 0 Å². The van der Waals surface area contributed by atoms with Crippen LogP contribution in [0, 0.1) is 35.5 Å². The van der Waals surface area contributed by atoms with Crippen LogP contribution in [0.5, 0.6) is 0 Å². The van der Waals surface area contributed by atoms with Crippen LogP contribution in [0.4, 0.5) is 0 Å². The Morgan fingerprint density at radius 2 is 1.72 bits per heavy atom. The molecule has 0 unspecified atom stereocenters. The number of aliphatic hydroxyl groups is 2. The molecule has 2 saturated heterocycles. The minimum absolute atomic E-state index is 0.0334. The minimum atomic E-state index is -2.78. The molecule has 2 N–H and O–H groups in total. The molecule has 1 aromatic heterocycles. The van der Waals surface area contributed by atoms with Crippen LogP contribution in [0.15, 0.2) is 66.1 Å². The number of cyclic esters (lactones) is 1. The van der Waals surface area contributed by atoms with Crippen LogP contribution in [-0.2, 0) is 42.9 Å². The first-order chi connectivity index (χ1) is 34.0. The second kappa shape index (κ2) is 25.8. The predicted octanol–water partition coefficient (Wildman–Crippen LogP) is 7.03. The molecule has 1 amide bonds. The van der Waals surface area contributed by atoms with E-state index in [4.69, 9.17) is 27.8 Å². The van der Waals surface area contributed by atoms with Crippen molar-refractivity contribution >= 4 is 23.4 Å². The number of rotatable bonds is 7. The molecule has 5 rings (SSSR count). The Balaban J connectivity index is 1.48. The number of hydrogen-bond donors (Lipinski definition) is 2. The summed E-state index contributed by atoms with van der Waals surface area (Å²) in [6.45, 7) is 17.2. The van der Waals surface area contributed by atoms with E-state index in [-0.39, 0.29) is 73.8 Å². The highest BCUT2D eigenvalue weighted by Gasteiger charge is 2.53. The van der Waals surface area contributed by atoms with Crippen molar-refractivity contribution < 1.29 is 57.2 Å². The highest BCUT2D eigenvalue weighted by Crippen LogP contribution is 2.39. The maximum Gasteiger partial charge on any atom is 0.329 e. The number of aliphatic hydroxyl groups excluding tert-OH is 1. The lowest BCUT2D eigenvalue weighted by Gasteiger charge is -2.42. The zero-order valence-electron chi connectivity index (χ0n) is 45.3. The largest absolute Gasteiger partial charge is 0.460 e. The number of methoxy groups -OCH3 is 3. The summed E-state index contributed by atoms with van der Waals surface area (Å²) in [6.07, 6.45) is 12.8. The number of fused-ring (bicyclic) bond motifs is 3. The number of ketones is 2. The highest BCUT2D eigenvalue weighted by molar-refractivity contribution is 6.39. The Kier molecular flexibility index (Phi) is 19.1. The van der Waals surface area contributed by atoms with E-state index in [2.05, 4.69) is 29.0 Å². The molecule has 0 aromatic carbocycles. The number of allylic oxidation sites excluding steroid dienone is 6. The number of aromatic nitrogens is 4. The second-order valence-corrected chi connectivity index (χ2v) is 20.4. The molecule has 1 aromatic rings. The summed E-state index contributed by atoms with van der Waals surface area (Å²) in [7, 11) is 0.390. The zero-order valence-corrected chi connectivity index (χ0v) is 42.3. The maximum absolute atomic E-state index is 14.6. The lowest BCUT2D eigenvalue weighted by Crippen LogP contribution is -2.61. The maximum atomic E-state index is 14.6. The molecule has 69 heavy (non-hydrogen) atoms. The quantitative estimate of drug-likeness (QED) is 0.160. The Hall–Kier alpha value is -4.19. The van der Waals surface area contributed by atoms with E-state index < -0.39 is 78.9 Å². The number of piperidine rings is 1. The molecule has 15 atom stereocenters. The molecule has 384 valence electrons. The lowest BCUT2D eigenvalue weighted by atomic mass is 9.77. The molecular weight excluding hydrogens is 883 g/mol. The number of amides is 1. The van der Waals surface area contributed by atoms with Gasteiger partial charge in [0.2, 0.25) is 5.79 Å². The number of carbonyl (C=O) groups is 4. The highest BCUT2D eigenvalue weighted by atomic mass is 16.6. The van der Waals surface area contributed by atoms with Crippen LogP contribution < -0.4 is 0 Å². The van der Waals surface area contributed by atoms with Gasteiger partial charge in [-0.1, -0.05) is 77.7 Å². The molecule has 1 saturated carbocycles. The first-order valence-electron chi connectivity index (χ1n) is 26.5. The predicted molar refractivity (Wildman–Crippen MR) is 260 cm³/mol. The number of esters is 1. The van der Waals surface area contributed by atoms with Crippen molar-refractivity contribution in [1.82, 2.24) is 25.1 Å². The van der Waals surface area contributed by atoms with Crippen molar-refractivity contribution in [3.05, 3.63) is 66.1 Å². The van der Waals surface area contributed by atoms with Gasteiger partial charge >= 0.3 is 5.97 Å². The van der Waals surface area contributed by atoms with E-state index in [1.807, 2.05) is 32.1 Å². The van der Waals surface area contributed by atoms with Crippen LogP contribution in [-0.4, -0.2) is 135 Å². The fraction of sp³-hybridized carbons (Fsp3) is 0.717. The summed E-state index contributed by atoms with van der Waals surface area (Å²) in [5.41, 5.74) is 1.78. The molecule has 4 aliphatic rings. The van der Waals surface area contributed by atoms with Gasteiger partial charge in [-0.15, -0.1) is 5.10 Å². The summed E-state index contributed by atoms with van der Waals surface area (Å²) in [6, 6.07) is -1.25. The first kappa shape index (κ1) is 51.2. The van der Waals surface area contributed by atoms with Gasteiger partial charge in [0.05, 0.1) is 28.5 Å². The van der Waals surface area contributed by atoms with Crippen LogP contribution in [0.25, 0.3) is 0 Å². The van der Waals surface area contributed by atoms with Crippen LogP contribution >= 0.6 is 0 Å². The molecule has 3 fully saturated rings. The summed E-state index contributed by atoms with van der Waals surface area (Å²) in [4.78, 5) is 58.8. The fourth-order valence-corrected chi connectivity index (χ4v) is 10.7. The Labute approximate surface area is 414 Å². The third kappa shape index (κ3) is 14.2. The van der Waals surface area contributed by atoms with Crippen LogP contribution in [0.2, 0.25) is 0 Å². The fourth-order valence-electron chi connectivity index (χ4n) is 10.7. The third-order valence-electron chi connectivity index (χ3n) is 15.3. The number of nitrogens with zero attached hydrogens (tertiary/aromatic N) is 5. The number of carbonyl (C=O) groups excluding carboxylic acids is 4. The Bertz CT molecular complexity index is 2130. The van der Waals surface area contributed by atoms with Crippen LogP contribution in [0.1, 0.15) is 136 Å². The molecule has 3 aliphatic heterocycles. The zero-order chi connectivity index (χ0) is 53.1. The molecule has 0 spiro atoms.